The van der Waals surface area contributed by atoms with Gasteiger partial charge in [-0.3, -0.25) is 9.59 Å². The Hall–Kier alpha value is -3.44. The summed E-state index contributed by atoms with van der Waals surface area (Å²) < 4.78 is 0. The number of amides is 1. The number of nitrogens with zero attached hydrogens (tertiary/aromatic N) is 1. The summed E-state index contributed by atoms with van der Waals surface area (Å²) in [6, 6.07) is 16.6. The number of carboxylic acid groups (broad SMARTS) is 1. The Balaban J connectivity index is 2.01. The van der Waals surface area contributed by atoms with Crippen molar-refractivity contribution in [3.63, 3.8) is 0 Å². The van der Waals surface area contributed by atoms with Gasteiger partial charge in [0.1, 0.15) is 6.04 Å². The third-order valence-electron chi connectivity index (χ3n) is 3.93. The van der Waals surface area contributed by atoms with Gasteiger partial charge in [0, 0.05) is 5.69 Å². The fourth-order valence-electron chi connectivity index (χ4n) is 2.48. The lowest BCUT2D eigenvalue weighted by molar-refractivity contribution is -0.139. The third-order valence-corrected chi connectivity index (χ3v) is 4.15. The molecular weight excluding hydrogens is 376 g/mol. The number of hydrogen-bond donors (Lipinski definition) is 4. The zero-order valence-electron chi connectivity index (χ0n) is 15.2. The van der Waals surface area contributed by atoms with Gasteiger partial charge >= 0.3 is 5.97 Å². The molecule has 2 unspecified atom stereocenters. The van der Waals surface area contributed by atoms with Crippen LogP contribution in [0.3, 0.4) is 0 Å². The number of benzene rings is 2. The van der Waals surface area contributed by atoms with Crippen LogP contribution in [0.25, 0.3) is 0 Å². The highest BCUT2D eigenvalue weighted by atomic mass is 32.1. The second-order valence-electron chi connectivity index (χ2n) is 6.08. The first-order chi connectivity index (χ1) is 13.4. The Labute approximate surface area is 168 Å². The van der Waals surface area contributed by atoms with Crippen LogP contribution in [0, 0.1) is 11.3 Å². The molecule has 0 aliphatic heterocycles. The van der Waals surface area contributed by atoms with Gasteiger partial charge in [0.25, 0.3) is 0 Å². The SMILES string of the molecule is CC(NC(=O)C(CC(=O)O)NC(=S)Nc1ccc(C#N)cc1)c1ccccc1. The van der Waals surface area contributed by atoms with E-state index in [2.05, 4.69) is 16.0 Å². The van der Waals surface area contributed by atoms with Gasteiger partial charge in [0.2, 0.25) is 5.91 Å². The number of rotatable bonds is 7. The molecule has 0 saturated heterocycles. The second-order valence-corrected chi connectivity index (χ2v) is 6.49. The molecule has 0 saturated carbocycles. The van der Waals surface area contributed by atoms with Crippen LogP contribution in [-0.2, 0) is 9.59 Å². The molecule has 0 radical (unpaired) electrons. The van der Waals surface area contributed by atoms with E-state index in [-0.39, 0.29) is 11.2 Å². The quantitative estimate of drug-likeness (QED) is 0.532. The maximum atomic E-state index is 12.6. The largest absolute Gasteiger partial charge is 0.481 e. The van der Waals surface area contributed by atoms with Crippen LogP contribution in [0.15, 0.2) is 54.6 Å². The molecule has 2 rings (SSSR count). The van der Waals surface area contributed by atoms with Gasteiger partial charge in [-0.15, -0.1) is 0 Å². The van der Waals surface area contributed by atoms with Gasteiger partial charge in [-0.2, -0.15) is 5.26 Å². The van der Waals surface area contributed by atoms with Crippen molar-refractivity contribution in [2.45, 2.75) is 25.4 Å². The molecule has 0 bridgehead atoms. The summed E-state index contributed by atoms with van der Waals surface area (Å²) >= 11 is 5.19. The zero-order chi connectivity index (χ0) is 20.5. The van der Waals surface area contributed by atoms with Crippen molar-refractivity contribution in [1.82, 2.24) is 10.6 Å². The highest BCUT2D eigenvalue weighted by molar-refractivity contribution is 7.80. The van der Waals surface area contributed by atoms with Crippen LogP contribution in [0.5, 0.6) is 0 Å². The van der Waals surface area contributed by atoms with Gasteiger partial charge in [-0.25, -0.2) is 0 Å². The summed E-state index contributed by atoms with van der Waals surface area (Å²) in [5, 5.41) is 26.5. The molecule has 0 spiro atoms. The van der Waals surface area contributed by atoms with Gasteiger partial charge in [-0.1, -0.05) is 30.3 Å². The molecule has 0 fully saturated rings. The third kappa shape index (κ3) is 6.37. The van der Waals surface area contributed by atoms with E-state index in [1.807, 2.05) is 43.3 Å². The molecular formula is C20H20N4O3S. The van der Waals surface area contributed by atoms with E-state index in [4.69, 9.17) is 22.6 Å². The smallest absolute Gasteiger partial charge is 0.305 e. The van der Waals surface area contributed by atoms with Gasteiger partial charge in [-0.05, 0) is 49.0 Å². The average Bonchev–Trinajstić information content (AvgIpc) is 2.68. The van der Waals surface area contributed by atoms with Gasteiger partial charge in [0.05, 0.1) is 24.1 Å². The number of nitriles is 1. The first kappa shape index (κ1) is 20.9. The molecule has 2 aromatic rings. The summed E-state index contributed by atoms with van der Waals surface area (Å²) in [4.78, 5) is 23.7. The van der Waals surface area contributed by atoms with E-state index in [1.54, 1.807) is 24.3 Å². The summed E-state index contributed by atoms with van der Waals surface area (Å²) in [6.07, 6.45) is -0.428. The number of carboxylic acids is 1. The maximum Gasteiger partial charge on any atom is 0.305 e. The van der Waals surface area contributed by atoms with Crippen molar-refractivity contribution in [2.75, 3.05) is 5.32 Å². The number of carbonyl (C=O) groups excluding carboxylic acids is 1. The average molecular weight is 396 g/mol. The van der Waals surface area contributed by atoms with Crippen LogP contribution in [0.2, 0.25) is 0 Å². The van der Waals surface area contributed by atoms with Crippen LogP contribution < -0.4 is 16.0 Å². The van der Waals surface area contributed by atoms with E-state index < -0.39 is 24.3 Å². The van der Waals surface area contributed by atoms with Crippen LogP contribution >= 0.6 is 12.2 Å². The molecule has 0 aliphatic carbocycles. The van der Waals surface area contributed by atoms with Crippen LogP contribution in [-0.4, -0.2) is 28.1 Å². The molecule has 28 heavy (non-hydrogen) atoms. The Morgan fingerprint density at radius 1 is 1.11 bits per heavy atom. The van der Waals surface area contributed by atoms with Crippen molar-refractivity contribution in [2.24, 2.45) is 0 Å². The Morgan fingerprint density at radius 2 is 1.75 bits per heavy atom. The lowest BCUT2D eigenvalue weighted by Crippen LogP contribution is -2.49. The summed E-state index contributed by atoms with van der Waals surface area (Å²) in [7, 11) is 0. The number of anilines is 1. The minimum absolute atomic E-state index is 0.110. The Morgan fingerprint density at radius 3 is 2.32 bits per heavy atom. The summed E-state index contributed by atoms with van der Waals surface area (Å²) in [5.74, 6) is -1.59. The minimum atomic E-state index is -1.12. The highest BCUT2D eigenvalue weighted by Gasteiger charge is 2.24. The standard InChI is InChI=1S/C20H20N4O3S/c1-13(15-5-3-2-4-6-15)22-19(27)17(11-18(25)26)24-20(28)23-16-9-7-14(12-21)8-10-16/h2-10,13,17H,11H2,1H3,(H,22,27)(H,25,26)(H2,23,24,28). The van der Waals surface area contributed by atoms with Crippen molar-refractivity contribution >= 4 is 34.9 Å². The highest BCUT2D eigenvalue weighted by Crippen LogP contribution is 2.12. The fourth-order valence-corrected chi connectivity index (χ4v) is 2.74. The maximum absolute atomic E-state index is 12.6. The molecule has 1 amide bonds. The molecule has 8 heteroatoms. The zero-order valence-corrected chi connectivity index (χ0v) is 16.0. The van der Waals surface area contributed by atoms with Crippen LogP contribution in [0.1, 0.15) is 30.5 Å². The van der Waals surface area contributed by atoms with E-state index in [0.717, 1.165) is 5.56 Å². The number of hydrogen-bond acceptors (Lipinski definition) is 4. The first-order valence-corrected chi connectivity index (χ1v) is 8.94. The van der Waals surface area contributed by atoms with Gasteiger partial charge in [0.15, 0.2) is 5.11 Å². The monoisotopic (exact) mass is 396 g/mol. The van der Waals surface area contributed by atoms with Crippen molar-refractivity contribution in [3.05, 3.63) is 65.7 Å². The van der Waals surface area contributed by atoms with Crippen molar-refractivity contribution in [3.8, 4) is 6.07 Å². The number of carbonyl (C=O) groups is 2. The Kier molecular flexibility index (Phi) is 7.48. The number of nitrogens with one attached hydrogen (secondary N) is 3. The molecule has 2 aromatic carbocycles. The predicted molar refractivity (Wildman–Crippen MR) is 110 cm³/mol. The van der Waals surface area contributed by atoms with Crippen molar-refractivity contribution < 1.29 is 14.7 Å². The summed E-state index contributed by atoms with van der Waals surface area (Å²) in [6.45, 7) is 1.82. The molecule has 2 atom stereocenters. The molecule has 7 nitrogen and oxygen atoms in total. The lowest BCUT2D eigenvalue weighted by atomic mass is 10.1. The first-order valence-electron chi connectivity index (χ1n) is 8.54. The Bertz CT molecular complexity index is 879. The molecule has 0 heterocycles. The van der Waals surface area contributed by atoms with E-state index in [1.165, 1.54) is 0 Å². The molecule has 144 valence electrons. The minimum Gasteiger partial charge on any atom is -0.481 e. The number of thiocarbonyl (C=S) groups is 1. The predicted octanol–water partition coefficient (Wildman–Crippen LogP) is 2.57. The normalized spacial score (nSPS) is 12.1. The van der Waals surface area contributed by atoms with E-state index in [0.29, 0.717) is 11.3 Å². The fraction of sp³-hybridized carbons (Fsp3) is 0.200. The molecule has 0 aliphatic rings. The topological polar surface area (TPSA) is 114 Å². The molecule has 4 N–H and O–H groups in total. The van der Waals surface area contributed by atoms with E-state index in [9.17, 15) is 9.59 Å². The molecule has 0 aromatic heterocycles. The number of aliphatic carboxylic acids is 1. The summed E-state index contributed by atoms with van der Waals surface area (Å²) in [5.41, 5.74) is 2.02. The van der Waals surface area contributed by atoms with Crippen LogP contribution in [0.4, 0.5) is 5.69 Å². The lowest BCUT2D eigenvalue weighted by Gasteiger charge is -2.22. The van der Waals surface area contributed by atoms with Crippen molar-refractivity contribution in [1.29, 1.82) is 5.26 Å². The van der Waals surface area contributed by atoms with E-state index >= 15 is 0 Å². The van der Waals surface area contributed by atoms with Gasteiger partial charge < -0.3 is 21.1 Å². The second kappa shape index (κ2) is 10.0.